The number of nitrogens with zero attached hydrogens (tertiary/aromatic N) is 2. The van der Waals surface area contributed by atoms with Gasteiger partial charge in [-0.05, 0) is 30.6 Å². The van der Waals surface area contributed by atoms with E-state index in [0.29, 0.717) is 17.9 Å². The summed E-state index contributed by atoms with van der Waals surface area (Å²) in [5.41, 5.74) is -1.13. The molecule has 0 saturated heterocycles. The van der Waals surface area contributed by atoms with Crippen LogP contribution in [0.25, 0.3) is 0 Å². The monoisotopic (exact) mass is 434 g/mol. The summed E-state index contributed by atoms with van der Waals surface area (Å²) in [4.78, 5) is 4.22. The van der Waals surface area contributed by atoms with Gasteiger partial charge in [0.25, 0.3) is 0 Å². The van der Waals surface area contributed by atoms with Crippen LogP contribution in [0.1, 0.15) is 39.3 Å². The molecule has 0 fully saturated rings. The Bertz CT molecular complexity index is 786. The Morgan fingerprint density at radius 1 is 1.21 bits per heavy atom. The Hall–Kier alpha value is -1.05. The Morgan fingerprint density at radius 3 is 2.36 bits per heavy atom. The number of aromatic nitrogens is 1. The molecule has 0 spiro atoms. The summed E-state index contributed by atoms with van der Waals surface area (Å²) in [5.74, 6) is 0.713. The van der Waals surface area contributed by atoms with E-state index in [2.05, 4.69) is 38.8 Å². The number of alkyl halides is 3. The SMILES string of the molecule is CC(C)(C)[Si](C)(C)OC1=CC2C(C(F)(F)F)(CC1)c1ncccc1[N+]2(C)C.[Cl-]. The first-order chi connectivity index (χ1) is 12.1. The summed E-state index contributed by atoms with van der Waals surface area (Å²) in [6, 6.07) is 2.73. The van der Waals surface area contributed by atoms with Gasteiger partial charge in [0.05, 0.1) is 19.9 Å². The van der Waals surface area contributed by atoms with Crippen LogP contribution < -0.4 is 16.9 Å². The van der Waals surface area contributed by atoms with Crippen molar-refractivity contribution in [1.29, 1.82) is 0 Å². The maximum Gasteiger partial charge on any atom is 0.406 e. The van der Waals surface area contributed by atoms with Crippen LogP contribution in [-0.4, -0.2) is 39.6 Å². The molecule has 2 atom stereocenters. The number of pyridine rings is 1. The Labute approximate surface area is 173 Å². The fourth-order valence-corrected chi connectivity index (χ4v) is 5.36. The predicted octanol–water partition coefficient (Wildman–Crippen LogP) is 2.53. The minimum atomic E-state index is -4.37. The molecule has 0 radical (unpaired) electrons. The number of likely N-dealkylation sites (N-methyl/N-ethyl adjacent to an activating group) is 1. The minimum Gasteiger partial charge on any atom is -1.00 e. The standard InChI is InChI=1S/C20H30F3N2OSi.ClH/c1-18(2,3)27(6,7)26-14-10-11-19(20(21,22)23)16(13-14)25(4,5)15-9-8-12-24-17(15)19;/h8-9,12-13,16H,10-11H2,1-7H3;1H/q+1;/p-1. The zero-order valence-corrected chi connectivity index (χ0v) is 19.4. The lowest BCUT2D eigenvalue weighted by molar-refractivity contribution is -0.202. The highest BCUT2D eigenvalue weighted by Crippen LogP contribution is 2.60. The number of hydrogen-bond donors (Lipinski definition) is 0. The molecular weight excluding hydrogens is 405 g/mol. The first kappa shape index (κ1) is 23.2. The lowest BCUT2D eigenvalue weighted by Crippen LogP contribution is -3.00. The highest BCUT2D eigenvalue weighted by Gasteiger charge is 2.72. The maximum absolute atomic E-state index is 14.5. The van der Waals surface area contributed by atoms with E-state index in [1.165, 1.54) is 6.20 Å². The summed E-state index contributed by atoms with van der Waals surface area (Å²) in [5, 5.41) is -0.00300. The molecular formula is C20H30ClF3N2OSi. The van der Waals surface area contributed by atoms with E-state index in [1.54, 1.807) is 18.2 Å². The van der Waals surface area contributed by atoms with Crippen molar-refractivity contribution < 1.29 is 30.0 Å². The minimum absolute atomic E-state index is 0. The van der Waals surface area contributed by atoms with Crippen LogP contribution >= 0.6 is 0 Å². The zero-order valence-electron chi connectivity index (χ0n) is 17.6. The van der Waals surface area contributed by atoms with Gasteiger partial charge in [-0.25, -0.2) is 0 Å². The van der Waals surface area contributed by atoms with Crippen LogP contribution in [-0.2, 0) is 9.84 Å². The van der Waals surface area contributed by atoms with E-state index in [9.17, 15) is 13.2 Å². The average molecular weight is 435 g/mol. The zero-order chi connectivity index (χ0) is 20.5. The lowest BCUT2D eigenvalue weighted by atomic mass is 9.71. The molecule has 1 aromatic heterocycles. The summed E-state index contributed by atoms with van der Waals surface area (Å²) in [6.07, 6.45) is -0.878. The lowest BCUT2D eigenvalue weighted by Gasteiger charge is -2.44. The van der Waals surface area contributed by atoms with Gasteiger partial charge in [0.2, 0.25) is 8.32 Å². The van der Waals surface area contributed by atoms with Crippen LogP contribution in [0.2, 0.25) is 18.1 Å². The maximum atomic E-state index is 14.5. The number of halogens is 4. The van der Waals surface area contributed by atoms with Crippen molar-refractivity contribution >= 4 is 14.0 Å². The van der Waals surface area contributed by atoms with Gasteiger partial charge in [-0.15, -0.1) is 0 Å². The molecule has 0 saturated carbocycles. The van der Waals surface area contributed by atoms with Crippen LogP contribution in [0, 0.1) is 0 Å². The van der Waals surface area contributed by atoms with Crippen molar-refractivity contribution in [3.8, 4) is 0 Å². The predicted molar refractivity (Wildman–Crippen MR) is 105 cm³/mol. The summed E-state index contributed by atoms with van der Waals surface area (Å²) >= 11 is 0. The van der Waals surface area contributed by atoms with Crippen LogP contribution in [0.15, 0.2) is 30.2 Å². The summed E-state index contributed by atoms with van der Waals surface area (Å²) < 4.78 is 49.9. The number of quaternary nitrogens is 1. The molecule has 1 aliphatic heterocycles. The smallest absolute Gasteiger partial charge is 0.406 e. The Kier molecular flexibility index (Phi) is 5.59. The number of rotatable bonds is 2. The molecule has 2 unspecified atom stereocenters. The largest absolute Gasteiger partial charge is 1.00 e. The van der Waals surface area contributed by atoms with E-state index in [-0.39, 0.29) is 34.0 Å². The highest BCUT2D eigenvalue weighted by molar-refractivity contribution is 6.74. The molecule has 3 rings (SSSR count). The molecule has 0 amide bonds. The second kappa shape index (κ2) is 6.74. The molecule has 28 heavy (non-hydrogen) atoms. The molecule has 1 aromatic rings. The van der Waals surface area contributed by atoms with Gasteiger partial charge >= 0.3 is 6.18 Å². The fraction of sp³-hybridized carbons (Fsp3) is 0.650. The second-order valence-electron chi connectivity index (χ2n) is 9.82. The van der Waals surface area contributed by atoms with E-state index < -0.39 is 26.0 Å². The van der Waals surface area contributed by atoms with E-state index in [0.717, 1.165) is 0 Å². The number of fused-ring (bicyclic) bond motifs is 3. The molecule has 158 valence electrons. The number of hydrogen-bond acceptors (Lipinski definition) is 2. The molecule has 8 heteroatoms. The van der Waals surface area contributed by atoms with Crippen molar-refractivity contribution in [2.24, 2.45) is 0 Å². The molecule has 2 aliphatic rings. The van der Waals surface area contributed by atoms with Crippen LogP contribution in [0.5, 0.6) is 0 Å². The fourth-order valence-electron chi connectivity index (χ4n) is 4.23. The molecule has 0 bridgehead atoms. The van der Waals surface area contributed by atoms with Gasteiger partial charge in [-0.1, -0.05) is 20.8 Å². The second-order valence-corrected chi connectivity index (χ2v) is 14.5. The molecule has 3 nitrogen and oxygen atoms in total. The molecule has 0 aromatic carbocycles. The van der Waals surface area contributed by atoms with Gasteiger partial charge in [-0.3, -0.25) is 9.47 Å². The Morgan fingerprint density at radius 2 is 1.82 bits per heavy atom. The average Bonchev–Trinajstić information content (AvgIpc) is 2.72. The van der Waals surface area contributed by atoms with E-state index in [4.69, 9.17) is 4.43 Å². The molecule has 1 aliphatic carbocycles. The van der Waals surface area contributed by atoms with Gasteiger partial charge in [0.1, 0.15) is 11.7 Å². The highest BCUT2D eigenvalue weighted by atomic mass is 35.5. The number of allylic oxidation sites excluding steroid dienone is 1. The summed E-state index contributed by atoms with van der Waals surface area (Å²) in [7, 11) is 1.57. The van der Waals surface area contributed by atoms with Crippen molar-refractivity contribution in [2.75, 3.05) is 14.1 Å². The van der Waals surface area contributed by atoms with E-state index in [1.807, 2.05) is 14.1 Å². The van der Waals surface area contributed by atoms with Crippen molar-refractivity contribution in [3.63, 3.8) is 0 Å². The summed E-state index contributed by atoms with van der Waals surface area (Å²) in [6.45, 7) is 10.7. The molecule has 0 N–H and O–H groups in total. The van der Waals surface area contributed by atoms with Crippen molar-refractivity contribution in [3.05, 3.63) is 35.9 Å². The third-order valence-electron chi connectivity index (χ3n) is 6.84. The van der Waals surface area contributed by atoms with Gasteiger partial charge in [0.15, 0.2) is 11.1 Å². The van der Waals surface area contributed by atoms with Gasteiger partial charge < -0.3 is 16.8 Å². The van der Waals surface area contributed by atoms with E-state index >= 15 is 0 Å². The third-order valence-corrected chi connectivity index (χ3v) is 11.2. The normalized spacial score (nSPS) is 26.6. The van der Waals surface area contributed by atoms with Crippen LogP contribution in [0.4, 0.5) is 18.9 Å². The van der Waals surface area contributed by atoms with Gasteiger partial charge in [-0.2, -0.15) is 13.2 Å². The first-order valence-electron chi connectivity index (χ1n) is 9.41. The van der Waals surface area contributed by atoms with Crippen molar-refractivity contribution in [2.45, 2.75) is 69.4 Å². The van der Waals surface area contributed by atoms with Gasteiger partial charge in [0, 0.05) is 24.8 Å². The Balaban J connectivity index is 0.00000280. The molecule has 2 heterocycles. The third kappa shape index (κ3) is 3.19. The topological polar surface area (TPSA) is 22.1 Å². The quantitative estimate of drug-likeness (QED) is 0.527. The first-order valence-corrected chi connectivity index (χ1v) is 12.3. The van der Waals surface area contributed by atoms with Crippen LogP contribution in [0.3, 0.4) is 0 Å². The van der Waals surface area contributed by atoms with Crippen molar-refractivity contribution in [1.82, 2.24) is 9.47 Å².